The third-order valence-electron chi connectivity index (χ3n) is 2.86. The number of hydrogen-bond acceptors (Lipinski definition) is 4. The molecule has 0 saturated heterocycles. The van der Waals surface area contributed by atoms with Crippen LogP contribution in [0.5, 0.6) is 0 Å². The van der Waals surface area contributed by atoms with E-state index in [1.54, 1.807) is 13.0 Å². The summed E-state index contributed by atoms with van der Waals surface area (Å²) in [6.07, 6.45) is 2.25. The van der Waals surface area contributed by atoms with Crippen molar-refractivity contribution in [3.63, 3.8) is 0 Å². The van der Waals surface area contributed by atoms with E-state index in [2.05, 4.69) is 9.71 Å². The average molecular weight is 295 g/mol. The van der Waals surface area contributed by atoms with Crippen LogP contribution in [0.4, 0.5) is 10.1 Å². The molecule has 0 fully saturated rings. The number of aromatic nitrogens is 1. The highest BCUT2D eigenvalue weighted by Crippen LogP contribution is 2.20. The van der Waals surface area contributed by atoms with Crippen LogP contribution in [0.15, 0.2) is 41.6 Å². The predicted molar refractivity (Wildman–Crippen MR) is 74.1 cm³/mol. The number of nitrogens with one attached hydrogen (secondary N) is 1. The molecule has 2 aromatic rings. The molecule has 0 atom stereocenters. The maximum absolute atomic E-state index is 13.4. The van der Waals surface area contributed by atoms with Crippen LogP contribution < -0.4 is 10.5 Å². The summed E-state index contributed by atoms with van der Waals surface area (Å²) in [5.41, 5.74) is 7.02. The van der Waals surface area contributed by atoms with E-state index in [4.69, 9.17) is 5.73 Å². The zero-order chi connectivity index (χ0) is 14.8. The van der Waals surface area contributed by atoms with Gasteiger partial charge in [-0.05, 0) is 36.2 Å². The Kier molecular flexibility index (Phi) is 4.01. The molecule has 0 aliphatic heterocycles. The van der Waals surface area contributed by atoms with E-state index in [9.17, 15) is 12.8 Å². The molecule has 0 spiro atoms. The van der Waals surface area contributed by atoms with Gasteiger partial charge in [-0.15, -0.1) is 0 Å². The summed E-state index contributed by atoms with van der Waals surface area (Å²) < 4.78 is 40.0. The number of anilines is 1. The molecule has 1 heterocycles. The number of nitrogens with two attached hydrogens (primary N) is 1. The molecule has 0 radical (unpaired) electrons. The second-order valence-corrected chi connectivity index (χ2v) is 5.94. The second kappa shape index (κ2) is 5.56. The molecule has 0 amide bonds. The molecule has 0 aliphatic rings. The monoisotopic (exact) mass is 295 g/mol. The molecule has 106 valence electrons. The molecule has 1 aromatic carbocycles. The Morgan fingerprint density at radius 1 is 1.35 bits per heavy atom. The van der Waals surface area contributed by atoms with Gasteiger partial charge in [0.05, 0.1) is 16.8 Å². The fraction of sp³-hybridized carbons (Fsp3) is 0.154. The van der Waals surface area contributed by atoms with E-state index >= 15 is 0 Å². The van der Waals surface area contributed by atoms with E-state index in [1.165, 1.54) is 24.4 Å². The van der Waals surface area contributed by atoms with Gasteiger partial charge in [0.1, 0.15) is 0 Å². The number of aryl methyl sites for hydroxylation is 1. The van der Waals surface area contributed by atoms with Gasteiger partial charge in [0, 0.05) is 12.7 Å². The summed E-state index contributed by atoms with van der Waals surface area (Å²) in [5, 5.41) is 0. The number of pyridine rings is 1. The fourth-order valence-corrected chi connectivity index (χ4v) is 2.88. The quantitative estimate of drug-likeness (QED) is 0.900. The van der Waals surface area contributed by atoms with Crippen LogP contribution in [-0.4, -0.2) is 13.4 Å². The van der Waals surface area contributed by atoms with E-state index in [-0.39, 0.29) is 10.6 Å². The molecule has 7 heteroatoms. The van der Waals surface area contributed by atoms with Gasteiger partial charge in [-0.25, -0.2) is 12.8 Å². The van der Waals surface area contributed by atoms with Crippen LogP contribution in [0.1, 0.15) is 11.1 Å². The van der Waals surface area contributed by atoms with Gasteiger partial charge < -0.3 is 5.73 Å². The smallest absolute Gasteiger partial charge is 0.261 e. The first kappa shape index (κ1) is 14.4. The largest absolute Gasteiger partial charge is 0.326 e. The maximum Gasteiger partial charge on any atom is 0.261 e. The SMILES string of the molecule is Cc1cc(S(=O)(=O)Nc2ccncc2F)ccc1CN. The van der Waals surface area contributed by atoms with Crippen molar-refractivity contribution < 1.29 is 12.8 Å². The van der Waals surface area contributed by atoms with Crippen molar-refractivity contribution in [2.45, 2.75) is 18.4 Å². The van der Waals surface area contributed by atoms with Crippen molar-refractivity contribution in [1.29, 1.82) is 0 Å². The molecule has 0 bridgehead atoms. The van der Waals surface area contributed by atoms with Gasteiger partial charge in [0.2, 0.25) is 0 Å². The van der Waals surface area contributed by atoms with Crippen molar-refractivity contribution in [3.05, 3.63) is 53.6 Å². The van der Waals surface area contributed by atoms with Crippen LogP contribution in [0.3, 0.4) is 0 Å². The summed E-state index contributed by atoms with van der Waals surface area (Å²) in [7, 11) is -3.84. The molecule has 5 nitrogen and oxygen atoms in total. The zero-order valence-corrected chi connectivity index (χ0v) is 11.6. The molecule has 2 rings (SSSR count). The van der Waals surface area contributed by atoms with Crippen LogP contribution in [0, 0.1) is 12.7 Å². The van der Waals surface area contributed by atoms with E-state index < -0.39 is 15.8 Å². The van der Waals surface area contributed by atoms with Crippen molar-refractivity contribution >= 4 is 15.7 Å². The Balaban J connectivity index is 2.36. The Morgan fingerprint density at radius 2 is 2.10 bits per heavy atom. The third-order valence-corrected chi connectivity index (χ3v) is 4.22. The zero-order valence-electron chi connectivity index (χ0n) is 10.8. The number of nitrogens with zero attached hydrogens (tertiary/aromatic N) is 1. The Morgan fingerprint density at radius 3 is 2.70 bits per heavy atom. The van der Waals surface area contributed by atoms with Gasteiger partial charge in [-0.2, -0.15) is 0 Å². The number of benzene rings is 1. The summed E-state index contributed by atoms with van der Waals surface area (Å²) in [4.78, 5) is 3.62. The average Bonchev–Trinajstić information content (AvgIpc) is 2.41. The lowest BCUT2D eigenvalue weighted by molar-refractivity contribution is 0.598. The summed E-state index contributed by atoms with van der Waals surface area (Å²) >= 11 is 0. The lowest BCUT2D eigenvalue weighted by atomic mass is 10.1. The predicted octanol–water partition coefficient (Wildman–Crippen LogP) is 1.79. The molecule has 20 heavy (non-hydrogen) atoms. The van der Waals surface area contributed by atoms with E-state index in [0.717, 1.165) is 17.3 Å². The highest BCUT2D eigenvalue weighted by molar-refractivity contribution is 7.92. The van der Waals surface area contributed by atoms with Crippen LogP contribution >= 0.6 is 0 Å². The minimum Gasteiger partial charge on any atom is -0.326 e. The third kappa shape index (κ3) is 2.94. The number of sulfonamides is 1. The highest BCUT2D eigenvalue weighted by atomic mass is 32.2. The normalized spacial score (nSPS) is 11.3. The van der Waals surface area contributed by atoms with E-state index in [1.807, 2.05) is 0 Å². The van der Waals surface area contributed by atoms with Gasteiger partial charge in [0.15, 0.2) is 5.82 Å². The molecule has 0 aliphatic carbocycles. The molecule has 0 unspecified atom stereocenters. The lowest BCUT2D eigenvalue weighted by Gasteiger charge is -2.10. The topological polar surface area (TPSA) is 85.1 Å². The minimum absolute atomic E-state index is 0.0587. The van der Waals surface area contributed by atoms with Gasteiger partial charge >= 0.3 is 0 Å². The van der Waals surface area contributed by atoms with Crippen LogP contribution in [0.2, 0.25) is 0 Å². The first-order valence-electron chi connectivity index (χ1n) is 5.86. The highest BCUT2D eigenvalue weighted by Gasteiger charge is 2.17. The first-order valence-corrected chi connectivity index (χ1v) is 7.34. The standard InChI is InChI=1S/C13H14FN3O2S/c1-9-6-11(3-2-10(9)7-15)20(18,19)17-13-4-5-16-8-12(13)14/h2-6,8H,7,15H2,1H3,(H,16,17). The summed E-state index contributed by atoms with van der Waals surface area (Å²) in [6, 6.07) is 5.85. The summed E-state index contributed by atoms with van der Waals surface area (Å²) in [5.74, 6) is -0.730. The molecule has 0 saturated carbocycles. The lowest BCUT2D eigenvalue weighted by Crippen LogP contribution is -2.14. The fourth-order valence-electron chi connectivity index (χ4n) is 1.73. The molecule has 3 N–H and O–H groups in total. The first-order chi connectivity index (χ1) is 9.44. The number of rotatable bonds is 4. The maximum atomic E-state index is 13.4. The van der Waals surface area contributed by atoms with Gasteiger partial charge in [0.25, 0.3) is 10.0 Å². The van der Waals surface area contributed by atoms with Crippen LogP contribution in [-0.2, 0) is 16.6 Å². The molecular formula is C13H14FN3O2S. The van der Waals surface area contributed by atoms with Gasteiger partial charge in [-0.3, -0.25) is 9.71 Å². The van der Waals surface area contributed by atoms with Crippen LogP contribution in [0.25, 0.3) is 0 Å². The van der Waals surface area contributed by atoms with Gasteiger partial charge in [-0.1, -0.05) is 6.07 Å². The van der Waals surface area contributed by atoms with Crippen molar-refractivity contribution in [2.75, 3.05) is 4.72 Å². The van der Waals surface area contributed by atoms with Crippen molar-refractivity contribution in [3.8, 4) is 0 Å². The van der Waals surface area contributed by atoms with E-state index in [0.29, 0.717) is 6.54 Å². The van der Waals surface area contributed by atoms with Crippen molar-refractivity contribution in [1.82, 2.24) is 4.98 Å². The molecular weight excluding hydrogens is 281 g/mol. The molecule has 1 aromatic heterocycles. The summed E-state index contributed by atoms with van der Waals surface area (Å²) in [6.45, 7) is 2.10. The Labute approximate surface area is 116 Å². The Bertz CT molecular complexity index is 732. The number of halogens is 1. The van der Waals surface area contributed by atoms with Crippen molar-refractivity contribution in [2.24, 2.45) is 5.73 Å². The minimum atomic E-state index is -3.84. The second-order valence-electron chi connectivity index (χ2n) is 4.25. The Hall–Kier alpha value is -1.99. The number of hydrogen-bond donors (Lipinski definition) is 2.